The first-order chi connectivity index (χ1) is 11.9. The van der Waals surface area contributed by atoms with Crippen LogP contribution in [-0.2, 0) is 19.1 Å². The van der Waals surface area contributed by atoms with Crippen LogP contribution in [0.15, 0.2) is 0 Å². The van der Waals surface area contributed by atoms with Gasteiger partial charge >= 0.3 is 11.9 Å². The molecule has 0 aromatic rings. The maximum Gasteiger partial charge on any atom is 0.311 e. The van der Waals surface area contributed by atoms with Crippen molar-refractivity contribution in [1.29, 1.82) is 0 Å². The molecule has 25 heavy (non-hydrogen) atoms. The predicted molar refractivity (Wildman–Crippen MR) is 95.8 cm³/mol. The third-order valence-corrected chi connectivity index (χ3v) is 6.85. The van der Waals surface area contributed by atoms with Gasteiger partial charge in [-0.3, -0.25) is 9.59 Å². The minimum absolute atomic E-state index is 0.0577. The molecule has 0 spiro atoms. The molecule has 0 N–H and O–H groups in total. The minimum atomic E-state index is -0.418. The molecule has 0 unspecified atom stereocenters. The molecule has 142 valence electrons. The van der Waals surface area contributed by atoms with Gasteiger partial charge in [-0.05, 0) is 88.9 Å². The van der Waals surface area contributed by atoms with Gasteiger partial charge in [0.05, 0.1) is 12.0 Å². The molecule has 4 heteroatoms. The van der Waals surface area contributed by atoms with Crippen molar-refractivity contribution < 1.29 is 19.1 Å². The quantitative estimate of drug-likeness (QED) is 0.477. The Morgan fingerprint density at radius 2 is 1.56 bits per heavy atom. The zero-order chi connectivity index (χ0) is 18.0. The number of esters is 2. The Morgan fingerprint density at radius 3 is 2.12 bits per heavy atom. The molecule has 0 aromatic heterocycles. The van der Waals surface area contributed by atoms with E-state index in [2.05, 4.69) is 0 Å². The predicted octanol–water partition coefficient (Wildman–Crippen LogP) is 4.50. The monoisotopic (exact) mass is 350 g/mol. The summed E-state index contributed by atoms with van der Waals surface area (Å²) in [5.74, 6) is 2.85. The Balaban J connectivity index is 1.32. The molecule has 4 aliphatic rings. The van der Waals surface area contributed by atoms with E-state index in [0.717, 1.165) is 31.1 Å². The van der Waals surface area contributed by atoms with Crippen molar-refractivity contribution >= 4 is 11.9 Å². The van der Waals surface area contributed by atoms with E-state index in [9.17, 15) is 9.59 Å². The molecule has 0 amide bonds. The molecule has 4 saturated carbocycles. The van der Waals surface area contributed by atoms with Gasteiger partial charge in [-0.25, -0.2) is 0 Å². The van der Waals surface area contributed by atoms with Crippen molar-refractivity contribution in [2.75, 3.05) is 6.61 Å². The largest absolute Gasteiger partial charge is 0.465 e. The maximum atomic E-state index is 12.2. The first-order valence-corrected chi connectivity index (χ1v) is 10.3. The average molecular weight is 350 g/mol. The van der Waals surface area contributed by atoms with Gasteiger partial charge in [-0.15, -0.1) is 0 Å². The maximum absolute atomic E-state index is 12.2. The van der Waals surface area contributed by atoms with Crippen LogP contribution in [-0.4, -0.2) is 24.6 Å². The number of carbonyl (C=O) groups excluding carboxylic acids is 2. The van der Waals surface area contributed by atoms with Crippen LogP contribution in [0.3, 0.4) is 0 Å². The highest BCUT2D eigenvalue weighted by Crippen LogP contribution is 2.54. The fourth-order valence-corrected chi connectivity index (χ4v) is 5.15. The molecule has 0 saturated heterocycles. The zero-order valence-corrected chi connectivity index (χ0v) is 16.1. The van der Waals surface area contributed by atoms with Crippen LogP contribution in [0.4, 0.5) is 0 Å². The van der Waals surface area contributed by atoms with Crippen LogP contribution in [0.2, 0.25) is 0 Å². The topological polar surface area (TPSA) is 52.6 Å². The second-order valence-electron chi connectivity index (χ2n) is 9.22. The lowest BCUT2D eigenvalue weighted by Gasteiger charge is -2.53. The second-order valence-corrected chi connectivity index (χ2v) is 9.22. The molecular formula is C21H34O4. The Kier molecular flexibility index (Phi) is 5.75. The molecule has 0 radical (unpaired) electrons. The molecule has 4 nitrogen and oxygen atoms in total. The van der Waals surface area contributed by atoms with Crippen molar-refractivity contribution in [2.45, 2.75) is 84.7 Å². The molecule has 0 aromatic carbocycles. The van der Waals surface area contributed by atoms with Gasteiger partial charge in [-0.1, -0.05) is 6.92 Å². The zero-order valence-electron chi connectivity index (χ0n) is 16.1. The van der Waals surface area contributed by atoms with Gasteiger partial charge in [0.1, 0.15) is 6.10 Å². The number of hydrogen-bond acceptors (Lipinski definition) is 4. The molecule has 4 aliphatic carbocycles. The summed E-state index contributed by atoms with van der Waals surface area (Å²) in [5, 5.41) is 0. The Bertz CT molecular complexity index is 468. The number of rotatable bonds is 8. The van der Waals surface area contributed by atoms with E-state index in [1.54, 1.807) is 0 Å². The van der Waals surface area contributed by atoms with E-state index in [-0.39, 0.29) is 18.0 Å². The SMILES string of the molecule is CCC(C)(C)C(=O)OCCCCC(=O)OC1C2CC3CC(C2)CC1C3. The van der Waals surface area contributed by atoms with Crippen LogP contribution >= 0.6 is 0 Å². The summed E-state index contributed by atoms with van der Waals surface area (Å²) in [6.07, 6.45) is 9.35. The Morgan fingerprint density at radius 1 is 0.960 bits per heavy atom. The summed E-state index contributed by atoms with van der Waals surface area (Å²) >= 11 is 0. The molecule has 0 heterocycles. The third-order valence-electron chi connectivity index (χ3n) is 6.85. The van der Waals surface area contributed by atoms with Crippen molar-refractivity contribution in [3.05, 3.63) is 0 Å². The fraction of sp³-hybridized carbons (Fsp3) is 0.905. The smallest absolute Gasteiger partial charge is 0.311 e. The molecule has 4 rings (SSSR count). The van der Waals surface area contributed by atoms with Crippen LogP contribution in [0, 0.1) is 29.1 Å². The highest BCUT2D eigenvalue weighted by atomic mass is 16.5. The van der Waals surface area contributed by atoms with Gasteiger partial charge in [0.25, 0.3) is 0 Å². The van der Waals surface area contributed by atoms with Crippen LogP contribution in [0.5, 0.6) is 0 Å². The van der Waals surface area contributed by atoms with E-state index < -0.39 is 5.41 Å². The second kappa shape index (κ2) is 7.67. The number of hydrogen-bond donors (Lipinski definition) is 0. The summed E-state index contributed by atoms with van der Waals surface area (Å²) < 4.78 is 11.2. The van der Waals surface area contributed by atoms with Crippen LogP contribution < -0.4 is 0 Å². The standard InChI is InChI=1S/C21H34O4/c1-4-21(2,3)20(23)24-8-6-5-7-18(22)25-19-16-10-14-9-15(12-16)13-17(19)11-14/h14-17,19H,4-13H2,1-3H3. The summed E-state index contributed by atoms with van der Waals surface area (Å²) in [5.41, 5.74) is -0.418. The summed E-state index contributed by atoms with van der Waals surface area (Å²) in [6, 6.07) is 0. The lowest BCUT2D eigenvalue weighted by molar-refractivity contribution is -0.170. The van der Waals surface area contributed by atoms with Crippen molar-refractivity contribution in [3.8, 4) is 0 Å². The highest BCUT2D eigenvalue weighted by Gasteiger charge is 2.49. The van der Waals surface area contributed by atoms with E-state index in [0.29, 0.717) is 24.9 Å². The lowest BCUT2D eigenvalue weighted by atomic mass is 9.55. The Hall–Kier alpha value is -1.06. The minimum Gasteiger partial charge on any atom is -0.465 e. The average Bonchev–Trinajstić information content (AvgIpc) is 2.57. The number of unbranched alkanes of at least 4 members (excludes halogenated alkanes) is 1. The molecular weight excluding hydrogens is 316 g/mol. The molecule has 4 bridgehead atoms. The molecule has 0 atom stereocenters. The first-order valence-electron chi connectivity index (χ1n) is 10.3. The van der Waals surface area contributed by atoms with E-state index >= 15 is 0 Å². The van der Waals surface area contributed by atoms with Crippen molar-refractivity contribution in [3.63, 3.8) is 0 Å². The van der Waals surface area contributed by atoms with Crippen LogP contribution in [0.25, 0.3) is 0 Å². The normalized spacial score (nSPS) is 33.3. The summed E-state index contributed by atoms with van der Waals surface area (Å²) in [6.45, 7) is 6.18. The highest BCUT2D eigenvalue weighted by molar-refractivity contribution is 5.75. The van der Waals surface area contributed by atoms with Crippen molar-refractivity contribution in [2.24, 2.45) is 29.1 Å². The van der Waals surface area contributed by atoms with E-state index in [1.807, 2.05) is 20.8 Å². The number of carbonyl (C=O) groups is 2. The lowest BCUT2D eigenvalue weighted by Crippen LogP contribution is -2.50. The van der Waals surface area contributed by atoms with Gasteiger partial charge < -0.3 is 9.47 Å². The number of ether oxygens (including phenoxy) is 2. The van der Waals surface area contributed by atoms with E-state index in [4.69, 9.17) is 9.47 Å². The summed E-state index contributed by atoms with van der Waals surface area (Å²) in [4.78, 5) is 24.1. The van der Waals surface area contributed by atoms with Crippen molar-refractivity contribution in [1.82, 2.24) is 0 Å². The van der Waals surface area contributed by atoms with Gasteiger partial charge in [0.2, 0.25) is 0 Å². The van der Waals surface area contributed by atoms with Gasteiger partial charge in [0, 0.05) is 6.42 Å². The summed E-state index contributed by atoms with van der Waals surface area (Å²) in [7, 11) is 0. The third kappa shape index (κ3) is 4.38. The van der Waals surface area contributed by atoms with E-state index in [1.165, 1.54) is 32.1 Å². The molecule has 0 aliphatic heterocycles. The van der Waals surface area contributed by atoms with Gasteiger partial charge in [-0.2, -0.15) is 0 Å². The Labute approximate surface area is 152 Å². The van der Waals surface area contributed by atoms with Gasteiger partial charge in [0.15, 0.2) is 0 Å². The first kappa shape index (κ1) is 18.7. The van der Waals surface area contributed by atoms with Crippen LogP contribution in [0.1, 0.15) is 78.6 Å². The molecule has 4 fully saturated rings. The fourth-order valence-electron chi connectivity index (χ4n) is 5.15.